The van der Waals surface area contributed by atoms with Crippen LogP contribution >= 0.6 is 22.6 Å². The summed E-state index contributed by atoms with van der Waals surface area (Å²) < 4.78 is 11.1. The Labute approximate surface area is 98.7 Å². The van der Waals surface area contributed by atoms with Gasteiger partial charge in [0.05, 0.1) is 7.11 Å². The van der Waals surface area contributed by atoms with Crippen molar-refractivity contribution in [1.29, 1.82) is 0 Å². The largest absolute Gasteiger partial charge is 0.497 e. The zero-order valence-corrected chi connectivity index (χ0v) is 10.5. The molecule has 1 aromatic rings. The van der Waals surface area contributed by atoms with Crippen molar-refractivity contribution < 1.29 is 9.47 Å². The molecule has 0 saturated carbocycles. The van der Waals surface area contributed by atoms with E-state index in [1.165, 1.54) is 16.4 Å². The van der Waals surface area contributed by atoms with Crippen LogP contribution in [0.15, 0.2) is 24.3 Å². The minimum Gasteiger partial charge on any atom is -0.497 e. The van der Waals surface area contributed by atoms with Crippen LogP contribution in [0.3, 0.4) is 0 Å². The highest BCUT2D eigenvalue weighted by molar-refractivity contribution is 14.1. The van der Waals surface area contributed by atoms with Crippen LogP contribution in [0.2, 0.25) is 0 Å². The smallest absolute Gasteiger partial charge is 0.118 e. The Morgan fingerprint density at radius 1 is 1.14 bits per heavy atom. The SMILES string of the molecule is C1CCOC1.COc1ccc(I)cc1. The van der Waals surface area contributed by atoms with Crippen molar-refractivity contribution in [2.75, 3.05) is 20.3 Å². The zero-order chi connectivity index (χ0) is 10.2. The van der Waals surface area contributed by atoms with E-state index in [0.717, 1.165) is 19.0 Å². The van der Waals surface area contributed by atoms with Crippen molar-refractivity contribution in [2.24, 2.45) is 0 Å². The van der Waals surface area contributed by atoms with E-state index < -0.39 is 0 Å². The lowest BCUT2D eigenvalue weighted by Crippen LogP contribution is -1.80. The third-order valence-corrected chi connectivity index (χ3v) is 2.60. The second kappa shape index (κ2) is 7.06. The summed E-state index contributed by atoms with van der Waals surface area (Å²) in [6, 6.07) is 7.92. The summed E-state index contributed by atoms with van der Waals surface area (Å²) in [5, 5.41) is 0. The molecule has 0 amide bonds. The van der Waals surface area contributed by atoms with Gasteiger partial charge in [-0.3, -0.25) is 0 Å². The van der Waals surface area contributed by atoms with Gasteiger partial charge >= 0.3 is 0 Å². The summed E-state index contributed by atoms with van der Waals surface area (Å²) in [5.74, 6) is 0.912. The molecule has 2 nitrogen and oxygen atoms in total. The molecule has 2 rings (SSSR count). The molecule has 0 aromatic heterocycles. The van der Waals surface area contributed by atoms with Crippen molar-refractivity contribution in [3.8, 4) is 5.75 Å². The molecule has 78 valence electrons. The Morgan fingerprint density at radius 3 is 2.07 bits per heavy atom. The van der Waals surface area contributed by atoms with E-state index in [1.54, 1.807) is 7.11 Å². The quantitative estimate of drug-likeness (QED) is 0.742. The number of hydrogen-bond acceptors (Lipinski definition) is 2. The molecular formula is C11H15IO2. The second-order valence-corrected chi connectivity index (χ2v) is 4.22. The highest BCUT2D eigenvalue weighted by atomic mass is 127. The first-order chi connectivity index (χ1) is 6.83. The molecule has 1 saturated heterocycles. The lowest BCUT2D eigenvalue weighted by atomic mass is 10.3. The van der Waals surface area contributed by atoms with Crippen molar-refractivity contribution in [3.05, 3.63) is 27.8 Å². The topological polar surface area (TPSA) is 18.5 Å². The molecule has 0 aliphatic carbocycles. The molecule has 1 fully saturated rings. The van der Waals surface area contributed by atoms with Crippen LogP contribution in [-0.2, 0) is 4.74 Å². The van der Waals surface area contributed by atoms with Gasteiger partial charge in [-0.15, -0.1) is 0 Å². The normalized spacial score (nSPS) is 14.4. The number of ether oxygens (including phenoxy) is 2. The highest BCUT2D eigenvalue weighted by Gasteiger charge is 1.94. The summed E-state index contributed by atoms with van der Waals surface area (Å²) in [6.07, 6.45) is 2.56. The predicted octanol–water partition coefficient (Wildman–Crippen LogP) is 3.10. The van der Waals surface area contributed by atoms with Gasteiger partial charge in [0, 0.05) is 16.8 Å². The van der Waals surface area contributed by atoms with Gasteiger partial charge in [0.1, 0.15) is 5.75 Å². The predicted molar refractivity (Wildman–Crippen MR) is 65.8 cm³/mol. The van der Waals surface area contributed by atoms with Gasteiger partial charge in [-0.05, 0) is 59.7 Å². The maximum Gasteiger partial charge on any atom is 0.118 e. The average molecular weight is 306 g/mol. The van der Waals surface area contributed by atoms with Gasteiger partial charge in [-0.2, -0.15) is 0 Å². The van der Waals surface area contributed by atoms with Gasteiger partial charge in [0.2, 0.25) is 0 Å². The van der Waals surface area contributed by atoms with Crippen molar-refractivity contribution in [3.63, 3.8) is 0 Å². The van der Waals surface area contributed by atoms with E-state index in [-0.39, 0.29) is 0 Å². The lowest BCUT2D eigenvalue weighted by molar-refractivity contribution is 0.198. The fraction of sp³-hybridized carbons (Fsp3) is 0.455. The molecule has 1 aliphatic rings. The van der Waals surface area contributed by atoms with E-state index in [1.807, 2.05) is 24.3 Å². The molecule has 1 aliphatic heterocycles. The minimum absolute atomic E-state index is 0.912. The fourth-order valence-electron chi connectivity index (χ4n) is 1.08. The molecule has 0 N–H and O–H groups in total. The number of methoxy groups -OCH3 is 1. The van der Waals surface area contributed by atoms with Crippen LogP contribution in [0.5, 0.6) is 5.75 Å². The molecule has 1 heterocycles. The van der Waals surface area contributed by atoms with Crippen LogP contribution in [0.25, 0.3) is 0 Å². The first kappa shape index (κ1) is 11.8. The molecule has 1 aromatic carbocycles. The monoisotopic (exact) mass is 306 g/mol. The van der Waals surface area contributed by atoms with Crippen LogP contribution < -0.4 is 4.74 Å². The third-order valence-electron chi connectivity index (χ3n) is 1.88. The van der Waals surface area contributed by atoms with Crippen LogP contribution in [0.1, 0.15) is 12.8 Å². The van der Waals surface area contributed by atoms with Crippen molar-refractivity contribution in [1.82, 2.24) is 0 Å². The summed E-state index contributed by atoms with van der Waals surface area (Å²) in [4.78, 5) is 0. The summed E-state index contributed by atoms with van der Waals surface area (Å²) in [5.41, 5.74) is 0. The second-order valence-electron chi connectivity index (χ2n) is 2.98. The summed E-state index contributed by atoms with van der Waals surface area (Å²) in [7, 11) is 1.67. The zero-order valence-electron chi connectivity index (χ0n) is 8.33. The molecule has 0 bridgehead atoms. The van der Waals surface area contributed by atoms with E-state index in [2.05, 4.69) is 22.6 Å². The average Bonchev–Trinajstić information content (AvgIpc) is 2.77. The molecule has 0 atom stereocenters. The van der Waals surface area contributed by atoms with E-state index in [4.69, 9.17) is 9.47 Å². The van der Waals surface area contributed by atoms with Gasteiger partial charge in [-0.25, -0.2) is 0 Å². The van der Waals surface area contributed by atoms with Crippen LogP contribution in [0, 0.1) is 3.57 Å². The van der Waals surface area contributed by atoms with Gasteiger partial charge in [0.15, 0.2) is 0 Å². The van der Waals surface area contributed by atoms with E-state index >= 15 is 0 Å². The number of rotatable bonds is 1. The number of halogens is 1. The van der Waals surface area contributed by atoms with Gasteiger partial charge < -0.3 is 9.47 Å². The van der Waals surface area contributed by atoms with Gasteiger partial charge in [-0.1, -0.05) is 0 Å². The lowest BCUT2D eigenvalue weighted by Gasteiger charge is -1.96. The fourth-order valence-corrected chi connectivity index (χ4v) is 1.44. The number of benzene rings is 1. The minimum atomic E-state index is 0.912. The first-order valence-electron chi connectivity index (χ1n) is 4.70. The molecule has 14 heavy (non-hydrogen) atoms. The van der Waals surface area contributed by atoms with Crippen molar-refractivity contribution >= 4 is 22.6 Å². The van der Waals surface area contributed by atoms with Crippen molar-refractivity contribution in [2.45, 2.75) is 12.8 Å². The van der Waals surface area contributed by atoms with Gasteiger partial charge in [0.25, 0.3) is 0 Å². The third kappa shape index (κ3) is 4.81. The maximum absolute atomic E-state index is 4.97. The Hall–Kier alpha value is -0.290. The highest BCUT2D eigenvalue weighted by Crippen LogP contribution is 2.11. The molecule has 0 radical (unpaired) electrons. The Kier molecular flexibility index (Phi) is 5.94. The summed E-state index contributed by atoms with van der Waals surface area (Å²) in [6.45, 7) is 2.00. The Balaban J connectivity index is 0.000000165. The molecule has 0 spiro atoms. The van der Waals surface area contributed by atoms with Crippen LogP contribution in [-0.4, -0.2) is 20.3 Å². The van der Waals surface area contributed by atoms with Crippen LogP contribution in [0.4, 0.5) is 0 Å². The molecular weight excluding hydrogens is 291 g/mol. The van der Waals surface area contributed by atoms with E-state index in [0.29, 0.717) is 0 Å². The Morgan fingerprint density at radius 2 is 1.71 bits per heavy atom. The first-order valence-corrected chi connectivity index (χ1v) is 5.78. The Bertz CT molecular complexity index is 234. The number of hydrogen-bond donors (Lipinski definition) is 0. The van der Waals surface area contributed by atoms with E-state index in [9.17, 15) is 0 Å². The molecule has 0 unspecified atom stereocenters. The summed E-state index contributed by atoms with van der Waals surface area (Å²) >= 11 is 2.26. The maximum atomic E-state index is 4.97. The molecule has 3 heteroatoms. The standard InChI is InChI=1S/C7H7IO.C4H8O/c1-9-7-4-2-6(8)3-5-7;1-2-4-5-3-1/h2-5H,1H3;1-4H2.